The third kappa shape index (κ3) is 12.5. The van der Waals surface area contributed by atoms with Crippen LogP contribution < -0.4 is 29.6 Å². The summed E-state index contributed by atoms with van der Waals surface area (Å²) in [5.74, 6) is 1.96. The predicted octanol–water partition coefficient (Wildman–Crippen LogP) is 8.40. The molecule has 0 amide bonds. The molecule has 332 valence electrons. The third-order valence-corrected chi connectivity index (χ3v) is 13.9. The summed E-state index contributed by atoms with van der Waals surface area (Å²) in [6, 6.07) is 1.05. The molecule has 0 atom stereocenters. The molecule has 0 aromatic carbocycles. The minimum absolute atomic E-state index is 0.00888. The minimum Gasteiger partial charge on any atom is -0.464 e. The SMILES string of the molecule is CCOc1nc(OCC)nc(C(CSCC(=NC2CC(CC)(CC)NC(CC)(CC)C2)c2nc(OCC)nc(OCC)n2)=NC2CC(CC)(CC)NC(CC)(CC)C2)n1. The van der Waals surface area contributed by atoms with Gasteiger partial charge >= 0.3 is 24.0 Å². The lowest BCUT2D eigenvalue weighted by molar-refractivity contribution is 0.0964. The van der Waals surface area contributed by atoms with Gasteiger partial charge in [-0.1, -0.05) is 55.4 Å². The molecule has 2 fully saturated rings. The van der Waals surface area contributed by atoms with Gasteiger partial charge in [-0.25, -0.2) is 0 Å². The Kier molecular flexibility index (Phi) is 18.6. The molecule has 14 nitrogen and oxygen atoms in total. The number of hydrogen-bond acceptors (Lipinski definition) is 15. The molecule has 2 aromatic heterocycles. The molecule has 0 radical (unpaired) electrons. The number of aliphatic imine (C=N–C) groups is 2. The van der Waals surface area contributed by atoms with Crippen LogP contribution in [0.4, 0.5) is 0 Å². The van der Waals surface area contributed by atoms with Gasteiger partial charge < -0.3 is 29.6 Å². The van der Waals surface area contributed by atoms with E-state index in [1.807, 2.05) is 27.7 Å². The minimum atomic E-state index is -0.00888. The lowest BCUT2D eigenvalue weighted by atomic mass is 9.71. The Morgan fingerprint density at radius 1 is 0.458 bits per heavy atom. The Morgan fingerprint density at radius 3 is 0.932 bits per heavy atom. The number of aromatic nitrogens is 6. The summed E-state index contributed by atoms with van der Waals surface area (Å²) in [5, 5.41) is 8.26. The van der Waals surface area contributed by atoms with Gasteiger partial charge in [-0.2, -0.15) is 19.9 Å². The highest BCUT2D eigenvalue weighted by molar-refractivity contribution is 8.00. The fourth-order valence-electron chi connectivity index (χ4n) is 9.03. The van der Waals surface area contributed by atoms with Crippen LogP contribution in [0.5, 0.6) is 24.0 Å². The van der Waals surface area contributed by atoms with Crippen LogP contribution in [0.15, 0.2) is 9.98 Å². The quantitative estimate of drug-likeness (QED) is 0.0970. The second-order valence-electron chi connectivity index (χ2n) is 16.1. The smallest absolute Gasteiger partial charge is 0.323 e. The summed E-state index contributed by atoms with van der Waals surface area (Å²) >= 11 is 1.70. The van der Waals surface area contributed by atoms with E-state index >= 15 is 0 Å². The monoisotopic (exact) mass is 841 g/mol. The van der Waals surface area contributed by atoms with Crippen LogP contribution in [0.2, 0.25) is 0 Å². The Balaban J connectivity index is 1.84. The highest BCUT2D eigenvalue weighted by Crippen LogP contribution is 2.40. The van der Waals surface area contributed by atoms with Crippen LogP contribution in [0.25, 0.3) is 0 Å². The van der Waals surface area contributed by atoms with Gasteiger partial charge in [-0.3, -0.25) is 9.98 Å². The Morgan fingerprint density at radius 2 is 0.712 bits per heavy atom. The molecule has 2 aliphatic rings. The maximum Gasteiger partial charge on any atom is 0.323 e. The van der Waals surface area contributed by atoms with E-state index in [4.69, 9.17) is 48.9 Å². The van der Waals surface area contributed by atoms with E-state index in [1.54, 1.807) is 11.8 Å². The molecule has 2 N–H and O–H groups in total. The van der Waals surface area contributed by atoms with Gasteiger partial charge in [0.25, 0.3) is 0 Å². The highest BCUT2D eigenvalue weighted by Gasteiger charge is 2.46. The summed E-state index contributed by atoms with van der Waals surface area (Å²) in [6.45, 7) is 27.7. The molecule has 0 saturated carbocycles. The number of nitrogens with zero attached hydrogens (tertiary/aromatic N) is 8. The first kappa shape index (κ1) is 48.5. The molecule has 2 aliphatic heterocycles. The van der Waals surface area contributed by atoms with E-state index in [0.29, 0.717) is 49.6 Å². The largest absolute Gasteiger partial charge is 0.464 e. The van der Waals surface area contributed by atoms with Crippen molar-refractivity contribution in [1.29, 1.82) is 0 Å². The zero-order valence-electron chi connectivity index (χ0n) is 38.5. The van der Waals surface area contributed by atoms with Gasteiger partial charge in [0.2, 0.25) is 0 Å². The molecule has 0 aliphatic carbocycles. The topological polar surface area (TPSA) is 163 Å². The molecule has 0 unspecified atom stereocenters. The number of nitrogens with one attached hydrogen (secondary N) is 2. The van der Waals surface area contributed by atoms with Gasteiger partial charge in [-0.05, 0) is 105 Å². The van der Waals surface area contributed by atoms with Gasteiger partial charge in [-0.15, -0.1) is 21.7 Å². The van der Waals surface area contributed by atoms with E-state index in [1.165, 1.54) is 0 Å². The normalized spacial score (nSPS) is 19.4. The van der Waals surface area contributed by atoms with Crippen molar-refractivity contribution < 1.29 is 18.9 Å². The second kappa shape index (κ2) is 22.6. The van der Waals surface area contributed by atoms with E-state index in [9.17, 15) is 0 Å². The molecule has 2 saturated heterocycles. The predicted molar refractivity (Wildman–Crippen MR) is 240 cm³/mol. The number of thioether (sulfide) groups is 1. The van der Waals surface area contributed by atoms with Gasteiger partial charge in [0, 0.05) is 33.7 Å². The van der Waals surface area contributed by atoms with Crippen LogP contribution in [0.3, 0.4) is 0 Å². The van der Waals surface area contributed by atoms with Crippen LogP contribution in [-0.4, -0.2) is 113 Å². The summed E-state index contributed by atoms with van der Waals surface area (Å²) in [5.41, 5.74) is 1.52. The Bertz CT molecular complexity index is 1450. The average Bonchev–Trinajstić information content (AvgIpc) is 3.25. The Labute approximate surface area is 359 Å². The van der Waals surface area contributed by atoms with Crippen molar-refractivity contribution in [3.05, 3.63) is 11.6 Å². The van der Waals surface area contributed by atoms with Crippen molar-refractivity contribution in [2.75, 3.05) is 37.9 Å². The van der Waals surface area contributed by atoms with Gasteiger partial charge in [0.15, 0.2) is 11.6 Å². The number of hydrogen-bond donors (Lipinski definition) is 2. The molecule has 59 heavy (non-hydrogen) atoms. The van der Waals surface area contributed by atoms with Crippen molar-refractivity contribution in [3.63, 3.8) is 0 Å². The van der Waals surface area contributed by atoms with E-state index in [-0.39, 0.29) is 58.3 Å². The molecule has 4 rings (SSSR count). The number of piperidine rings is 2. The summed E-state index contributed by atoms with van der Waals surface area (Å²) in [6.07, 6.45) is 11.9. The lowest BCUT2D eigenvalue weighted by Crippen LogP contribution is -2.63. The second-order valence-corrected chi connectivity index (χ2v) is 17.1. The third-order valence-electron chi connectivity index (χ3n) is 12.9. The van der Waals surface area contributed by atoms with Gasteiger partial charge in [0.05, 0.1) is 49.9 Å². The van der Waals surface area contributed by atoms with Crippen LogP contribution in [0, 0.1) is 0 Å². The van der Waals surface area contributed by atoms with E-state index < -0.39 is 0 Å². The molecule has 4 heterocycles. The van der Waals surface area contributed by atoms with Crippen molar-refractivity contribution in [1.82, 2.24) is 40.5 Å². The number of ether oxygens (including phenoxy) is 4. The molecule has 15 heteroatoms. The molecular weight excluding hydrogens is 765 g/mol. The first-order valence-corrected chi connectivity index (χ1v) is 23.9. The van der Waals surface area contributed by atoms with E-state index in [2.05, 4.69) is 76.0 Å². The number of rotatable bonds is 24. The maximum absolute atomic E-state index is 5.84. The fourth-order valence-corrected chi connectivity index (χ4v) is 9.93. The van der Waals surface area contributed by atoms with Gasteiger partial charge in [0.1, 0.15) is 0 Å². The zero-order chi connectivity index (χ0) is 43.1. The lowest BCUT2D eigenvalue weighted by Gasteiger charge is -2.51. The highest BCUT2D eigenvalue weighted by atomic mass is 32.2. The van der Waals surface area contributed by atoms with Crippen LogP contribution >= 0.6 is 11.8 Å². The maximum atomic E-state index is 5.84. The van der Waals surface area contributed by atoms with Crippen molar-refractivity contribution in [3.8, 4) is 24.0 Å². The summed E-state index contributed by atoms with van der Waals surface area (Å²) in [7, 11) is 0. The van der Waals surface area contributed by atoms with Crippen LogP contribution in [-0.2, 0) is 0 Å². The standard InChI is InChI=1S/C44H76N10O4S/c1-13-41(14-2)25-31(26-42(15-3,16-4)53-41)45-33(35-47-37(55-21-9)51-38(48-35)56-22-10)29-59-30-34(36-49-39(57-23-11)52-40(50-36)58-24-12)46-32-27-43(17-5,18-6)54-44(19-7,20-8)28-32/h31-32,53-54H,13-30H2,1-12H3. The molecule has 2 aromatic rings. The summed E-state index contributed by atoms with van der Waals surface area (Å²) in [4.78, 5) is 39.4. The molecule has 0 spiro atoms. The fraction of sp³-hybridized carbons (Fsp3) is 0.818. The molecular formula is C44H76N10O4S. The van der Waals surface area contributed by atoms with Crippen molar-refractivity contribution in [2.24, 2.45) is 9.98 Å². The summed E-state index contributed by atoms with van der Waals surface area (Å²) < 4.78 is 23.4. The zero-order valence-corrected chi connectivity index (χ0v) is 39.3. The molecule has 0 bridgehead atoms. The van der Waals surface area contributed by atoms with Crippen molar-refractivity contribution >= 4 is 23.2 Å². The average molecular weight is 841 g/mol. The van der Waals surface area contributed by atoms with Crippen LogP contribution in [0.1, 0.15) is 172 Å². The van der Waals surface area contributed by atoms with Crippen molar-refractivity contribution in [2.45, 2.75) is 194 Å². The first-order chi connectivity index (χ1) is 28.4. The van der Waals surface area contributed by atoms with E-state index in [0.717, 1.165) is 88.5 Å². The first-order valence-electron chi connectivity index (χ1n) is 22.8. The Hall–Kier alpha value is -3.17.